The second kappa shape index (κ2) is 8.89. The zero-order chi connectivity index (χ0) is 18.4. The number of carbonyl (C=O) groups is 1. The van der Waals surface area contributed by atoms with Crippen LogP contribution in [0.4, 0.5) is 4.39 Å². The summed E-state index contributed by atoms with van der Waals surface area (Å²) in [6, 6.07) is 18.0. The Bertz CT molecular complexity index is 694. The van der Waals surface area contributed by atoms with E-state index >= 15 is 0 Å². The fraction of sp³-hybridized carbons (Fsp3) is 0.350. The molecule has 2 aromatic carbocycles. The molecule has 4 atom stereocenters. The van der Waals surface area contributed by atoms with Gasteiger partial charge in [0.15, 0.2) is 18.6 Å². The van der Waals surface area contributed by atoms with Crippen molar-refractivity contribution in [2.24, 2.45) is 0 Å². The lowest BCUT2D eigenvalue weighted by molar-refractivity contribution is -0.146. The maximum absolute atomic E-state index is 14.5. The second-order valence-corrected chi connectivity index (χ2v) is 5.96. The largest absolute Gasteiger partial charge is 0.453 e. The summed E-state index contributed by atoms with van der Waals surface area (Å²) in [5.41, 5.74) is 1.34. The van der Waals surface area contributed by atoms with Crippen molar-refractivity contribution in [1.82, 2.24) is 0 Å². The number of esters is 1. The lowest BCUT2D eigenvalue weighted by Crippen LogP contribution is -2.37. The van der Waals surface area contributed by atoms with Crippen molar-refractivity contribution in [3.05, 3.63) is 71.8 Å². The normalized spacial score (nSPS) is 25.2. The van der Waals surface area contributed by atoms with Gasteiger partial charge in [-0.2, -0.15) is 0 Å². The van der Waals surface area contributed by atoms with E-state index < -0.39 is 30.6 Å². The first-order valence-corrected chi connectivity index (χ1v) is 8.39. The zero-order valence-corrected chi connectivity index (χ0v) is 14.4. The molecule has 0 bridgehead atoms. The highest BCUT2D eigenvalue weighted by molar-refractivity contribution is 5.89. The second-order valence-electron chi connectivity index (χ2n) is 5.96. The van der Waals surface area contributed by atoms with Crippen LogP contribution in [0.25, 0.3) is 0 Å². The molecule has 0 N–H and O–H groups in total. The van der Waals surface area contributed by atoms with Crippen molar-refractivity contribution < 1.29 is 28.1 Å². The molecule has 26 heavy (non-hydrogen) atoms. The van der Waals surface area contributed by atoms with E-state index in [9.17, 15) is 9.18 Å². The molecule has 6 heteroatoms. The van der Waals surface area contributed by atoms with Gasteiger partial charge in [-0.15, -0.1) is 0 Å². The van der Waals surface area contributed by atoms with Crippen LogP contribution in [0.3, 0.4) is 0 Å². The highest BCUT2D eigenvalue weighted by atomic mass is 19.1. The number of hydrogen-bond donors (Lipinski definition) is 0. The minimum Gasteiger partial charge on any atom is -0.453 e. The van der Waals surface area contributed by atoms with Crippen LogP contribution >= 0.6 is 0 Å². The maximum Gasteiger partial charge on any atom is 0.338 e. The van der Waals surface area contributed by atoms with Gasteiger partial charge in [-0.05, 0) is 17.7 Å². The van der Waals surface area contributed by atoms with E-state index in [1.54, 1.807) is 30.3 Å². The fourth-order valence-electron chi connectivity index (χ4n) is 2.78. The van der Waals surface area contributed by atoms with Gasteiger partial charge >= 0.3 is 5.97 Å². The first kappa shape index (κ1) is 18.5. The molecule has 0 saturated carbocycles. The van der Waals surface area contributed by atoms with Gasteiger partial charge in [-0.1, -0.05) is 48.5 Å². The van der Waals surface area contributed by atoms with Gasteiger partial charge in [0.1, 0.15) is 6.10 Å². The molecule has 1 saturated heterocycles. The topological polar surface area (TPSA) is 54.0 Å². The number of carbonyl (C=O) groups excluding carboxylic acids is 1. The summed E-state index contributed by atoms with van der Waals surface area (Å²) >= 11 is 0. The minimum atomic E-state index is -1.59. The van der Waals surface area contributed by atoms with Crippen LogP contribution in [-0.2, 0) is 25.6 Å². The number of halogens is 1. The van der Waals surface area contributed by atoms with Crippen molar-refractivity contribution in [1.29, 1.82) is 0 Å². The third-order valence-corrected chi connectivity index (χ3v) is 4.13. The van der Waals surface area contributed by atoms with Gasteiger partial charge in [0.25, 0.3) is 0 Å². The molecule has 0 amide bonds. The predicted octanol–water partition coefficient (Wildman–Crippen LogP) is 3.14. The summed E-state index contributed by atoms with van der Waals surface area (Å²) in [6.07, 6.45) is -4.51. The summed E-state index contributed by atoms with van der Waals surface area (Å²) in [5.74, 6) is -0.605. The number of alkyl halides is 1. The molecular formula is C20H21FO5. The Hall–Kier alpha value is -2.28. The van der Waals surface area contributed by atoms with Crippen LogP contribution < -0.4 is 0 Å². The Morgan fingerprint density at radius 2 is 1.73 bits per heavy atom. The van der Waals surface area contributed by atoms with Crippen molar-refractivity contribution in [2.45, 2.75) is 31.3 Å². The van der Waals surface area contributed by atoms with Crippen LogP contribution in [0.15, 0.2) is 60.7 Å². The first-order valence-electron chi connectivity index (χ1n) is 8.39. The van der Waals surface area contributed by atoms with Gasteiger partial charge in [0.2, 0.25) is 0 Å². The monoisotopic (exact) mass is 360 g/mol. The lowest BCUT2D eigenvalue weighted by Gasteiger charge is -2.19. The first-order chi connectivity index (χ1) is 12.7. The van der Waals surface area contributed by atoms with Crippen molar-refractivity contribution >= 4 is 5.97 Å². The third-order valence-electron chi connectivity index (χ3n) is 4.13. The van der Waals surface area contributed by atoms with E-state index in [1.165, 1.54) is 7.11 Å². The van der Waals surface area contributed by atoms with Crippen molar-refractivity contribution in [2.75, 3.05) is 13.7 Å². The molecule has 2 aromatic rings. The smallest absolute Gasteiger partial charge is 0.338 e. The van der Waals surface area contributed by atoms with E-state index in [-0.39, 0.29) is 6.61 Å². The molecular weight excluding hydrogens is 339 g/mol. The molecule has 1 aliphatic rings. The molecule has 138 valence electrons. The molecule has 3 rings (SSSR count). The standard InChI is InChI=1S/C20H21FO5/c1-23-20-17(21)18(26-19(22)15-10-6-3-7-11-15)16(25-20)13-24-12-14-8-4-2-5-9-14/h2-11,16-18,20H,12-13H2,1H3/t16-,17-,18-,20+/m1/s1. The number of hydrogen-bond acceptors (Lipinski definition) is 5. The molecule has 1 aliphatic heterocycles. The Morgan fingerprint density at radius 1 is 1.08 bits per heavy atom. The van der Waals surface area contributed by atoms with Crippen LogP contribution in [0.5, 0.6) is 0 Å². The van der Waals surface area contributed by atoms with Gasteiger partial charge in [-0.3, -0.25) is 0 Å². The Kier molecular flexibility index (Phi) is 6.33. The quantitative estimate of drug-likeness (QED) is 0.710. The Balaban J connectivity index is 1.61. The zero-order valence-electron chi connectivity index (χ0n) is 14.4. The summed E-state index contributed by atoms with van der Waals surface area (Å²) in [6.45, 7) is 0.441. The van der Waals surface area contributed by atoms with Crippen LogP contribution in [0, 0.1) is 0 Å². The average Bonchev–Trinajstić information content (AvgIpc) is 2.98. The average molecular weight is 360 g/mol. The summed E-state index contributed by atoms with van der Waals surface area (Å²) in [7, 11) is 1.35. The molecule has 1 fully saturated rings. The van der Waals surface area contributed by atoms with Gasteiger partial charge in [-0.25, -0.2) is 9.18 Å². The van der Waals surface area contributed by atoms with Gasteiger partial charge < -0.3 is 18.9 Å². The Labute approximate surface area is 151 Å². The third kappa shape index (κ3) is 4.46. The van der Waals surface area contributed by atoms with E-state index in [0.717, 1.165) is 5.56 Å². The molecule has 0 aliphatic carbocycles. The minimum absolute atomic E-state index is 0.0852. The van der Waals surface area contributed by atoms with Crippen LogP contribution in [-0.4, -0.2) is 44.4 Å². The van der Waals surface area contributed by atoms with Gasteiger partial charge in [0, 0.05) is 7.11 Å². The molecule has 0 unspecified atom stereocenters. The summed E-state index contributed by atoms with van der Waals surface area (Å²) in [4.78, 5) is 12.3. The van der Waals surface area contributed by atoms with E-state index in [0.29, 0.717) is 12.2 Å². The Morgan fingerprint density at radius 3 is 2.38 bits per heavy atom. The predicted molar refractivity (Wildman–Crippen MR) is 92.3 cm³/mol. The summed E-state index contributed by atoms with van der Waals surface area (Å²) < 4.78 is 36.0. The fourth-order valence-corrected chi connectivity index (χ4v) is 2.78. The highest BCUT2D eigenvalue weighted by Crippen LogP contribution is 2.28. The van der Waals surface area contributed by atoms with Crippen molar-refractivity contribution in [3.63, 3.8) is 0 Å². The van der Waals surface area contributed by atoms with Crippen molar-refractivity contribution in [3.8, 4) is 0 Å². The molecule has 5 nitrogen and oxygen atoms in total. The van der Waals surface area contributed by atoms with E-state index in [1.807, 2.05) is 30.3 Å². The molecule has 0 aromatic heterocycles. The molecule has 1 heterocycles. The molecule has 0 radical (unpaired) electrons. The SMILES string of the molecule is CO[C@H]1O[C@H](COCc2ccccc2)[C@@H](OC(=O)c2ccccc2)[C@H]1F. The number of benzene rings is 2. The number of methoxy groups -OCH3 is 1. The van der Waals surface area contributed by atoms with Crippen LogP contribution in [0.2, 0.25) is 0 Å². The summed E-state index contributed by atoms with van der Waals surface area (Å²) in [5, 5.41) is 0. The lowest BCUT2D eigenvalue weighted by atomic mass is 10.1. The number of ether oxygens (including phenoxy) is 4. The highest BCUT2D eigenvalue weighted by Gasteiger charge is 2.48. The molecule has 0 spiro atoms. The maximum atomic E-state index is 14.5. The van der Waals surface area contributed by atoms with E-state index in [4.69, 9.17) is 18.9 Å². The number of rotatable bonds is 7. The van der Waals surface area contributed by atoms with Crippen LogP contribution in [0.1, 0.15) is 15.9 Å². The van der Waals surface area contributed by atoms with Gasteiger partial charge in [0.05, 0.1) is 18.8 Å². The van der Waals surface area contributed by atoms with E-state index in [2.05, 4.69) is 0 Å².